The number of fused-ring (bicyclic) bond motifs is 1. The van der Waals surface area contributed by atoms with Crippen LogP contribution in [-0.2, 0) is 0 Å². The molecule has 0 aromatic heterocycles. The van der Waals surface area contributed by atoms with E-state index in [1.54, 1.807) is 0 Å². The predicted molar refractivity (Wildman–Crippen MR) is 87.6 cm³/mol. The van der Waals surface area contributed by atoms with E-state index in [1.807, 2.05) is 18.2 Å². The number of rotatable bonds is 4. The van der Waals surface area contributed by atoms with Gasteiger partial charge in [-0.3, -0.25) is 4.99 Å². The Bertz CT molecular complexity index is 527. The highest BCUT2D eigenvalue weighted by molar-refractivity contribution is 5.94. The van der Waals surface area contributed by atoms with Crippen molar-refractivity contribution in [2.45, 2.75) is 38.1 Å². The number of hydrogen-bond acceptors (Lipinski definition) is 4. The Hall–Kier alpha value is -1.95. The Kier molecular flexibility index (Phi) is 5.00. The minimum Gasteiger partial charge on any atom is -0.454 e. The van der Waals surface area contributed by atoms with Gasteiger partial charge in [0.1, 0.15) is 0 Å². The lowest BCUT2D eigenvalue weighted by molar-refractivity contribution is 0.174. The summed E-state index contributed by atoms with van der Waals surface area (Å²) >= 11 is 0. The highest BCUT2D eigenvalue weighted by atomic mass is 16.7. The van der Waals surface area contributed by atoms with Gasteiger partial charge in [-0.1, -0.05) is 19.3 Å². The van der Waals surface area contributed by atoms with Crippen molar-refractivity contribution in [3.05, 3.63) is 18.2 Å². The molecule has 1 aromatic carbocycles. The number of ether oxygens (including phenoxy) is 2. The van der Waals surface area contributed by atoms with Crippen LogP contribution >= 0.6 is 0 Å². The summed E-state index contributed by atoms with van der Waals surface area (Å²) in [6, 6.07) is 6.30. The monoisotopic (exact) mass is 304 g/mol. The third-order valence-corrected chi connectivity index (χ3v) is 3.98. The third-order valence-electron chi connectivity index (χ3n) is 3.98. The van der Waals surface area contributed by atoms with Crippen LogP contribution in [0.5, 0.6) is 11.5 Å². The Morgan fingerprint density at radius 2 is 2.00 bits per heavy atom. The van der Waals surface area contributed by atoms with E-state index in [1.165, 1.54) is 32.1 Å². The van der Waals surface area contributed by atoms with Gasteiger partial charge in [0.2, 0.25) is 6.79 Å². The molecule has 0 amide bonds. The summed E-state index contributed by atoms with van der Waals surface area (Å²) in [6.45, 7) is 1.43. The lowest BCUT2D eigenvalue weighted by Crippen LogP contribution is -2.40. The van der Waals surface area contributed by atoms with E-state index in [0.717, 1.165) is 23.1 Å². The van der Waals surface area contributed by atoms with Crippen molar-refractivity contribution in [1.29, 1.82) is 0 Å². The third kappa shape index (κ3) is 3.82. The highest BCUT2D eigenvalue weighted by Gasteiger charge is 2.16. The molecule has 0 unspecified atom stereocenters. The molecule has 1 saturated carbocycles. The maximum Gasteiger partial charge on any atom is 0.231 e. The van der Waals surface area contributed by atoms with Crippen LogP contribution in [0.3, 0.4) is 0 Å². The van der Waals surface area contributed by atoms with Crippen LogP contribution < -0.4 is 25.8 Å². The molecule has 6 nitrogen and oxygen atoms in total. The Labute approximate surface area is 131 Å². The molecule has 3 rings (SSSR count). The van der Waals surface area contributed by atoms with Gasteiger partial charge in [-0.15, -0.1) is 0 Å². The maximum absolute atomic E-state index is 5.58. The van der Waals surface area contributed by atoms with Crippen molar-refractivity contribution in [3.8, 4) is 11.5 Å². The molecule has 0 spiro atoms. The number of nitrogens with one attached hydrogen (secondary N) is 2. The molecule has 1 fully saturated rings. The molecule has 0 bridgehead atoms. The summed E-state index contributed by atoms with van der Waals surface area (Å²) < 4.78 is 10.7. The van der Waals surface area contributed by atoms with Gasteiger partial charge in [-0.25, -0.2) is 0 Å². The average molecular weight is 304 g/mol. The minimum atomic E-state index is 0.285. The summed E-state index contributed by atoms with van der Waals surface area (Å²) in [5, 5.41) is 6.86. The van der Waals surface area contributed by atoms with Crippen molar-refractivity contribution in [1.82, 2.24) is 5.32 Å². The van der Waals surface area contributed by atoms with E-state index >= 15 is 0 Å². The predicted octanol–water partition coefficient (Wildman–Crippen LogP) is 2.06. The molecule has 0 radical (unpaired) electrons. The smallest absolute Gasteiger partial charge is 0.231 e. The molecule has 1 aromatic rings. The van der Waals surface area contributed by atoms with Crippen LogP contribution in [0.2, 0.25) is 0 Å². The number of anilines is 1. The fraction of sp³-hybridized carbons (Fsp3) is 0.562. The van der Waals surface area contributed by atoms with E-state index in [2.05, 4.69) is 15.6 Å². The fourth-order valence-corrected chi connectivity index (χ4v) is 2.85. The molecule has 4 N–H and O–H groups in total. The number of guanidine groups is 1. The van der Waals surface area contributed by atoms with E-state index in [9.17, 15) is 0 Å². The second-order valence-electron chi connectivity index (χ2n) is 5.69. The van der Waals surface area contributed by atoms with Crippen molar-refractivity contribution < 1.29 is 9.47 Å². The van der Waals surface area contributed by atoms with Crippen molar-refractivity contribution in [2.75, 3.05) is 25.2 Å². The molecule has 0 atom stereocenters. The van der Waals surface area contributed by atoms with Gasteiger partial charge in [0, 0.05) is 24.3 Å². The largest absolute Gasteiger partial charge is 0.454 e. The average Bonchev–Trinajstić information content (AvgIpc) is 3.01. The van der Waals surface area contributed by atoms with Crippen molar-refractivity contribution in [2.24, 2.45) is 10.7 Å². The molecular weight excluding hydrogens is 280 g/mol. The zero-order valence-electron chi connectivity index (χ0n) is 12.8. The topological polar surface area (TPSA) is 80.9 Å². The van der Waals surface area contributed by atoms with Crippen LogP contribution in [0.25, 0.3) is 0 Å². The Balaban J connectivity index is 1.66. The molecule has 22 heavy (non-hydrogen) atoms. The quantitative estimate of drug-likeness (QED) is 0.586. The van der Waals surface area contributed by atoms with Crippen molar-refractivity contribution >= 4 is 11.6 Å². The maximum atomic E-state index is 5.58. The second-order valence-corrected chi connectivity index (χ2v) is 5.69. The molecular formula is C16H24N4O2. The highest BCUT2D eigenvalue weighted by Crippen LogP contribution is 2.34. The molecule has 120 valence electrons. The number of nitrogens with zero attached hydrogens (tertiary/aromatic N) is 1. The summed E-state index contributed by atoms with van der Waals surface area (Å²) in [7, 11) is 0. The van der Waals surface area contributed by atoms with E-state index in [4.69, 9.17) is 15.2 Å². The lowest BCUT2D eigenvalue weighted by atomic mass is 9.96. The zero-order valence-corrected chi connectivity index (χ0v) is 12.8. The normalized spacial score (nSPS) is 18.3. The van der Waals surface area contributed by atoms with Gasteiger partial charge in [-0.05, 0) is 25.0 Å². The van der Waals surface area contributed by atoms with Gasteiger partial charge < -0.3 is 25.8 Å². The zero-order chi connectivity index (χ0) is 15.2. The van der Waals surface area contributed by atoms with Gasteiger partial charge in [0.25, 0.3) is 0 Å². The number of benzene rings is 1. The fourth-order valence-electron chi connectivity index (χ4n) is 2.85. The molecule has 1 aliphatic heterocycles. The first-order valence-corrected chi connectivity index (χ1v) is 8.03. The van der Waals surface area contributed by atoms with Crippen LogP contribution in [0.15, 0.2) is 23.2 Å². The molecule has 1 heterocycles. The van der Waals surface area contributed by atoms with Gasteiger partial charge in [-0.2, -0.15) is 0 Å². The molecule has 1 aliphatic carbocycles. The summed E-state index contributed by atoms with van der Waals surface area (Å²) in [4.78, 5) is 4.52. The first-order chi connectivity index (χ1) is 10.8. The first-order valence-electron chi connectivity index (χ1n) is 8.03. The number of nitrogens with two attached hydrogens (primary N) is 1. The standard InChI is InChI=1S/C16H24N4O2/c17-8-9-18-16(19-12-4-2-1-3-5-12)20-13-6-7-14-15(10-13)22-11-21-14/h6-7,10,12H,1-5,8-9,11,17H2,(H2,18,19,20). The van der Waals surface area contributed by atoms with Crippen LogP contribution in [-0.4, -0.2) is 31.9 Å². The number of hydrogen-bond donors (Lipinski definition) is 3. The molecule has 6 heteroatoms. The van der Waals surface area contributed by atoms with Crippen LogP contribution in [0.4, 0.5) is 5.69 Å². The van der Waals surface area contributed by atoms with E-state index in [-0.39, 0.29) is 6.79 Å². The van der Waals surface area contributed by atoms with E-state index < -0.39 is 0 Å². The van der Waals surface area contributed by atoms with Gasteiger partial charge >= 0.3 is 0 Å². The van der Waals surface area contributed by atoms with E-state index in [0.29, 0.717) is 19.1 Å². The second kappa shape index (κ2) is 7.35. The minimum absolute atomic E-state index is 0.285. The first kappa shape index (κ1) is 15.0. The summed E-state index contributed by atoms with van der Waals surface area (Å²) in [5.41, 5.74) is 6.51. The molecule has 0 saturated heterocycles. The van der Waals surface area contributed by atoms with Gasteiger partial charge in [0.15, 0.2) is 17.5 Å². The van der Waals surface area contributed by atoms with Crippen molar-refractivity contribution in [3.63, 3.8) is 0 Å². The Morgan fingerprint density at radius 1 is 1.18 bits per heavy atom. The summed E-state index contributed by atoms with van der Waals surface area (Å²) in [5.74, 6) is 2.34. The molecule has 2 aliphatic rings. The van der Waals surface area contributed by atoms with Gasteiger partial charge in [0.05, 0.1) is 6.54 Å². The lowest BCUT2D eigenvalue weighted by Gasteiger charge is -2.25. The SMILES string of the molecule is NCCN=C(Nc1ccc2c(c1)OCO2)NC1CCCCC1. The Morgan fingerprint density at radius 3 is 2.82 bits per heavy atom. The number of aliphatic imine (C=N–C) groups is 1. The van der Waals surface area contributed by atoms with Crippen LogP contribution in [0.1, 0.15) is 32.1 Å². The summed E-state index contributed by atoms with van der Waals surface area (Å²) in [6.07, 6.45) is 6.30. The van der Waals surface area contributed by atoms with Crippen LogP contribution in [0, 0.1) is 0 Å².